The SMILES string of the molecule is COCCOc1ccc(NC(=O)NCCC2=CCCCC2)cc1Cl. The van der Waals surface area contributed by atoms with Crippen molar-refractivity contribution in [1.82, 2.24) is 5.32 Å². The van der Waals surface area contributed by atoms with Crippen LogP contribution in [0.5, 0.6) is 5.75 Å². The van der Waals surface area contributed by atoms with Crippen LogP contribution in [0.3, 0.4) is 0 Å². The van der Waals surface area contributed by atoms with Gasteiger partial charge < -0.3 is 20.1 Å². The van der Waals surface area contributed by atoms with E-state index in [1.54, 1.807) is 25.3 Å². The maximum Gasteiger partial charge on any atom is 0.319 e. The number of hydrogen-bond donors (Lipinski definition) is 2. The summed E-state index contributed by atoms with van der Waals surface area (Å²) in [6.07, 6.45) is 8.08. The number of urea groups is 1. The van der Waals surface area contributed by atoms with Crippen LogP contribution in [0.2, 0.25) is 5.02 Å². The molecule has 2 N–H and O–H groups in total. The monoisotopic (exact) mass is 352 g/mol. The second-order valence-corrected chi connectivity index (χ2v) is 6.13. The van der Waals surface area contributed by atoms with Crippen LogP contribution in [0, 0.1) is 0 Å². The molecule has 0 aliphatic heterocycles. The summed E-state index contributed by atoms with van der Waals surface area (Å²) < 4.78 is 10.4. The van der Waals surface area contributed by atoms with Crippen molar-refractivity contribution in [2.24, 2.45) is 0 Å². The minimum absolute atomic E-state index is 0.226. The summed E-state index contributed by atoms with van der Waals surface area (Å²) in [7, 11) is 1.61. The van der Waals surface area contributed by atoms with Gasteiger partial charge in [-0.05, 0) is 50.3 Å². The maximum absolute atomic E-state index is 11.9. The zero-order valence-corrected chi connectivity index (χ0v) is 14.8. The molecular weight excluding hydrogens is 328 g/mol. The quantitative estimate of drug-likeness (QED) is 0.539. The number of halogens is 1. The van der Waals surface area contributed by atoms with E-state index in [0.717, 1.165) is 12.8 Å². The van der Waals surface area contributed by atoms with Gasteiger partial charge in [0.05, 0.1) is 11.6 Å². The number of methoxy groups -OCH3 is 1. The summed E-state index contributed by atoms with van der Waals surface area (Å²) in [6, 6.07) is 4.94. The molecule has 0 saturated heterocycles. The fourth-order valence-corrected chi connectivity index (χ4v) is 2.81. The molecule has 2 rings (SSSR count). The van der Waals surface area contributed by atoms with Crippen molar-refractivity contribution >= 4 is 23.3 Å². The van der Waals surface area contributed by atoms with Gasteiger partial charge in [-0.2, -0.15) is 0 Å². The van der Waals surface area contributed by atoms with E-state index in [4.69, 9.17) is 21.1 Å². The molecule has 1 aromatic rings. The molecule has 1 aliphatic carbocycles. The molecule has 24 heavy (non-hydrogen) atoms. The van der Waals surface area contributed by atoms with Crippen LogP contribution in [-0.4, -0.2) is 32.9 Å². The number of benzene rings is 1. The van der Waals surface area contributed by atoms with Crippen LogP contribution in [0.1, 0.15) is 32.1 Å². The fraction of sp³-hybridized carbons (Fsp3) is 0.500. The first kappa shape index (κ1) is 18.6. The van der Waals surface area contributed by atoms with Crippen molar-refractivity contribution in [2.75, 3.05) is 32.2 Å². The van der Waals surface area contributed by atoms with Gasteiger partial charge in [0, 0.05) is 19.3 Å². The van der Waals surface area contributed by atoms with Crippen molar-refractivity contribution in [1.29, 1.82) is 0 Å². The average Bonchev–Trinajstić information content (AvgIpc) is 2.58. The molecule has 5 nitrogen and oxygen atoms in total. The highest BCUT2D eigenvalue weighted by molar-refractivity contribution is 6.32. The first-order chi connectivity index (χ1) is 11.7. The van der Waals surface area contributed by atoms with E-state index in [-0.39, 0.29) is 6.03 Å². The molecule has 0 heterocycles. The predicted molar refractivity (Wildman–Crippen MR) is 97.0 cm³/mol. The summed E-state index contributed by atoms with van der Waals surface area (Å²) in [6.45, 7) is 1.57. The number of anilines is 1. The topological polar surface area (TPSA) is 59.6 Å². The van der Waals surface area contributed by atoms with E-state index in [0.29, 0.717) is 36.2 Å². The molecule has 0 spiro atoms. The molecule has 2 amide bonds. The van der Waals surface area contributed by atoms with E-state index in [2.05, 4.69) is 16.7 Å². The second kappa shape index (κ2) is 10.2. The Bertz CT molecular complexity index is 575. The molecular formula is C18H25ClN2O3. The Morgan fingerprint density at radius 2 is 2.17 bits per heavy atom. The third kappa shape index (κ3) is 6.42. The molecule has 132 valence electrons. The van der Waals surface area contributed by atoms with Crippen LogP contribution in [0.25, 0.3) is 0 Å². The van der Waals surface area contributed by atoms with Gasteiger partial charge in [-0.15, -0.1) is 0 Å². The Labute approximate surface area is 148 Å². The van der Waals surface area contributed by atoms with Crippen LogP contribution >= 0.6 is 11.6 Å². The Morgan fingerprint density at radius 1 is 1.29 bits per heavy atom. The van der Waals surface area contributed by atoms with Crippen molar-refractivity contribution in [2.45, 2.75) is 32.1 Å². The zero-order valence-electron chi connectivity index (χ0n) is 14.1. The molecule has 0 fully saturated rings. The van der Waals surface area contributed by atoms with Gasteiger partial charge in [-0.25, -0.2) is 4.79 Å². The minimum Gasteiger partial charge on any atom is -0.490 e. The fourth-order valence-electron chi connectivity index (χ4n) is 2.57. The third-order valence-corrected chi connectivity index (χ3v) is 4.15. The van der Waals surface area contributed by atoms with Gasteiger partial charge in [-0.1, -0.05) is 23.3 Å². The van der Waals surface area contributed by atoms with Gasteiger partial charge >= 0.3 is 6.03 Å². The van der Waals surface area contributed by atoms with Crippen molar-refractivity contribution in [3.05, 3.63) is 34.9 Å². The number of hydrogen-bond acceptors (Lipinski definition) is 3. The normalized spacial score (nSPS) is 14.0. The van der Waals surface area contributed by atoms with E-state index in [1.807, 2.05) is 0 Å². The Morgan fingerprint density at radius 3 is 2.88 bits per heavy atom. The highest BCUT2D eigenvalue weighted by atomic mass is 35.5. The summed E-state index contributed by atoms with van der Waals surface area (Å²) in [5.41, 5.74) is 2.08. The van der Waals surface area contributed by atoms with Crippen molar-refractivity contribution < 1.29 is 14.3 Å². The number of nitrogens with one attached hydrogen (secondary N) is 2. The third-order valence-electron chi connectivity index (χ3n) is 3.85. The molecule has 0 aromatic heterocycles. The molecule has 1 aromatic carbocycles. The summed E-state index contributed by atoms with van der Waals surface area (Å²) in [5.74, 6) is 0.573. The summed E-state index contributed by atoms with van der Waals surface area (Å²) in [4.78, 5) is 11.9. The standard InChI is InChI=1S/C18H25ClN2O3/c1-23-11-12-24-17-8-7-15(13-16(17)19)21-18(22)20-10-9-14-5-3-2-4-6-14/h5,7-8,13H,2-4,6,9-12H2,1H3,(H2,20,21,22). The first-order valence-electron chi connectivity index (χ1n) is 8.33. The number of carbonyl (C=O) groups is 1. The van der Waals surface area contributed by atoms with E-state index in [9.17, 15) is 4.79 Å². The van der Waals surface area contributed by atoms with Crippen LogP contribution in [-0.2, 0) is 4.74 Å². The lowest BCUT2D eigenvalue weighted by Gasteiger charge is -2.13. The van der Waals surface area contributed by atoms with Crippen LogP contribution < -0.4 is 15.4 Å². The molecule has 0 atom stereocenters. The van der Waals surface area contributed by atoms with Gasteiger partial charge in [0.1, 0.15) is 12.4 Å². The molecule has 1 aliphatic rings. The van der Waals surface area contributed by atoms with E-state index < -0.39 is 0 Å². The number of ether oxygens (including phenoxy) is 2. The Hall–Kier alpha value is -1.72. The van der Waals surface area contributed by atoms with E-state index in [1.165, 1.54) is 24.8 Å². The van der Waals surface area contributed by atoms with Gasteiger partial charge in [-0.3, -0.25) is 0 Å². The van der Waals surface area contributed by atoms with Gasteiger partial charge in [0.25, 0.3) is 0 Å². The molecule has 0 bridgehead atoms. The average molecular weight is 353 g/mol. The van der Waals surface area contributed by atoms with Crippen molar-refractivity contribution in [3.8, 4) is 5.75 Å². The molecule has 0 radical (unpaired) electrons. The molecule has 6 heteroatoms. The lowest BCUT2D eigenvalue weighted by molar-refractivity contribution is 0.146. The highest BCUT2D eigenvalue weighted by Gasteiger charge is 2.07. The largest absolute Gasteiger partial charge is 0.490 e. The summed E-state index contributed by atoms with van der Waals surface area (Å²) >= 11 is 6.15. The lowest BCUT2D eigenvalue weighted by Crippen LogP contribution is -2.29. The zero-order chi connectivity index (χ0) is 17.2. The second-order valence-electron chi connectivity index (χ2n) is 5.73. The first-order valence-corrected chi connectivity index (χ1v) is 8.71. The number of rotatable bonds is 8. The lowest BCUT2D eigenvalue weighted by atomic mass is 9.97. The smallest absolute Gasteiger partial charge is 0.319 e. The number of amides is 2. The Kier molecular flexibility index (Phi) is 7.92. The van der Waals surface area contributed by atoms with Gasteiger partial charge in [0.15, 0.2) is 0 Å². The Balaban J connectivity index is 1.74. The maximum atomic E-state index is 11.9. The summed E-state index contributed by atoms with van der Waals surface area (Å²) in [5, 5.41) is 6.11. The van der Waals surface area contributed by atoms with Crippen LogP contribution in [0.4, 0.5) is 10.5 Å². The van der Waals surface area contributed by atoms with Gasteiger partial charge in [0.2, 0.25) is 0 Å². The number of carbonyl (C=O) groups excluding carboxylic acids is 1. The van der Waals surface area contributed by atoms with Crippen LogP contribution in [0.15, 0.2) is 29.8 Å². The molecule has 0 unspecified atom stereocenters. The number of allylic oxidation sites excluding steroid dienone is 1. The minimum atomic E-state index is -0.226. The van der Waals surface area contributed by atoms with Crippen molar-refractivity contribution in [3.63, 3.8) is 0 Å². The predicted octanol–water partition coefficient (Wildman–Crippen LogP) is 4.38. The highest BCUT2D eigenvalue weighted by Crippen LogP contribution is 2.27. The molecule has 0 saturated carbocycles. The van der Waals surface area contributed by atoms with E-state index >= 15 is 0 Å².